The predicted molar refractivity (Wildman–Crippen MR) is 71.2 cm³/mol. The van der Waals surface area contributed by atoms with Crippen LogP contribution in [0.1, 0.15) is 30.9 Å². The van der Waals surface area contributed by atoms with E-state index < -0.39 is 0 Å². The molecule has 92 valence electrons. The molecule has 0 atom stereocenters. The summed E-state index contributed by atoms with van der Waals surface area (Å²) in [6.07, 6.45) is 6.72. The number of aromatic nitrogens is 1. The highest BCUT2D eigenvalue weighted by molar-refractivity contribution is 5.65. The zero-order valence-electron chi connectivity index (χ0n) is 10.6. The van der Waals surface area contributed by atoms with Gasteiger partial charge in [0.05, 0.1) is 11.1 Å². The number of nitrogens with zero attached hydrogens (tertiary/aromatic N) is 3. The van der Waals surface area contributed by atoms with E-state index in [1.54, 1.807) is 0 Å². The van der Waals surface area contributed by atoms with Gasteiger partial charge < -0.3 is 4.40 Å². The Hall–Kier alpha value is -1.79. The number of hydrogen-bond donors (Lipinski definition) is 0. The Balaban J connectivity index is 1.98. The van der Waals surface area contributed by atoms with Gasteiger partial charge in [0.2, 0.25) is 0 Å². The van der Waals surface area contributed by atoms with Gasteiger partial charge in [-0.05, 0) is 31.5 Å². The Morgan fingerprint density at radius 2 is 2.28 bits per heavy atom. The van der Waals surface area contributed by atoms with Crippen molar-refractivity contribution in [2.45, 2.75) is 32.4 Å². The molecule has 18 heavy (non-hydrogen) atoms. The van der Waals surface area contributed by atoms with Crippen LogP contribution in [0.25, 0.3) is 5.52 Å². The lowest BCUT2D eigenvalue weighted by atomic mass is 10.1. The van der Waals surface area contributed by atoms with Gasteiger partial charge in [-0.15, -0.1) is 0 Å². The van der Waals surface area contributed by atoms with Gasteiger partial charge in [0.15, 0.2) is 0 Å². The lowest BCUT2D eigenvalue weighted by Gasteiger charge is -2.18. The second kappa shape index (κ2) is 4.47. The molecule has 3 rings (SSSR count). The molecule has 0 aliphatic heterocycles. The fraction of sp³-hybridized carbons (Fsp3) is 0.400. The van der Waals surface area contributed by atoms with E-state index in [-0.39, 0.29) is 0 Å². The van der Waals surface area contributed by atoms with Gasteiger partial charge >= 0.3 is 0 Å². The molecular formula is C15H17N3. The zero-order valence-corrected chi connectivity index (χ0v) is 10.6. The molecule has 2 heterocycles. The van der Waals surface area contributed by atoms with Gasteiger partial charge in [0.25, 0.3) is 0 Å². The molecule has 0 spiro atoms. The summed E-state index contributed by atoms with van der Waals surface area (Å²) in [7, 11) is 0. The normalized spacial score (nSPS) is 15.2. The lowest BCUT2D eigenvalue weighted by Crippen LogP contribution is -2.25. The molecule has 1 fully saturated rings. The third-order valence-corrected chi connectivity index (χ3v) is 3.72. The quantitative estimate of drug-likeness (QED) is 0.821. The van der Waals surface area contributed by atoms with Crippen LogP contribution in [0.3, 0.4) is 0 Å². The molecule has 1 aliphatic carbocycles. The van der Waals surface area contributed by atoms with Crippen molar-refractivity contribution in [1.82, 2.24) is 9.30 Å². The summed E-state index contributed by atoms with van der Waals surface area (Å²) < 4.78 is 2.05. The summed E-state index contributed by atoms with van der Waals surface area (Å²) in [5.74, 6) is 0. The van der Waals surface area contributed by atoms with Crippen molar-refractivity contribution in [2.75, 3.05) is 6.54 Å². The summed E-state index contributed by atoms with van der Waals surface area (Å²) in [6, 6.07) is 9.09. The SMILES string of the molecule is CCN(Cc1cn2ccccc2c1C#N)C1CC1. The highest BCUT2D eigenvalue weighted by Gasteiger charge is 2.28. The molecule has 0 N–H and O–H groups in total. The van der Waals surface area contributed by atoms with Crippen LogP contribution in [0.15, 0.2) is 30.6 Å². The van der Waals surface area contributed by atoms with Crippen LogP contribution >= 0.6 is 0 Å². The van der Waals surface area contributed by atoms with Crippen LogP contribution in [0.4, 0.5) is 0 Å². The van der Waals surface area contributed by atoms with Crippen LogP contribution in [-0.4, -0.2) is 21.9 Å². The molecule has 1 saturated carbocycles. The summed E-state index contributed by atoms with van der Waals surface area (Å²) >= 11 is 0. The molecule has 1 aliphatic rings. The molecule has 3 nitrogen and oxygen atoms in total. The number of nitriles is 1. The first-order valence-corrected chi connectivity index (χ1v) is 6.56. The predicted octanol–water partition coefficient (Wildman–Crippen LogP) is 2.80. The molecule has 0 amide bonds. The molecule has 0 radical (unpaired) electrons. The number of pyridine rings is 1. The monoisotopic (exact) mass is 239 g/mol. The first-order valence-electron chi connectivity index (χ1n) is 6.56. The van der Waals surface area contributed by atoms with Gasteiger partial charge in [-0.2, -0.15) is 5.26 Å². The van der Waals surface area contributed by atoms with Crippen LogP contribution in [0, 0.1) is 11.3 Å². The first-order chi connectivity index (χ1) is 8.83. The van der Waals surface area contributed by atoms with Gasteiger partial charge in [-0.1, -0.05) is 13.0 Å². The molecule has 2 aromatic rings. The van der Waals surface area contributed by atoms with Gasteiger partial charge in [-0.25, -0.2) is 0 Å². The zero-order chi connectivity index (χ0) is 12.5. The second-order valence-corrected chi connectivity index (χ2v) is 4.93. The highest BCUT2D eigenvalue weighted by Crippen LogP contribution is 2.29. The second-order valence-electron chi connectivity index (χ2n) is 4.93. The van der Waals surface area contributed by atoms with Gasteiger partial charge in [0.1, 0.15) is 6.07 Å². The van der Waals surface area contributed by atoms with Crippen molar-refractivity contribution < 1.29 is 0 Å². The summed E-state index contributed by atoms with van der Waals surface area (Å²) in [5, 5.41) is 9.36. The number of hydrogen-bond acceptors (Lipinski definition) is 2. The van der Waals surface area contributed by atoms with Crippen LogP contribution in [0.5, 0.6) is 0 Å². The third-order valence-electron chi connectivity index (χ3n) is 3.72. The van der Waals surface area contributed by atoms with E-state index in [9.17, 15) is 5.26 Å². The van der Waals surface area contributed by atoms with Gasteiger partial charge in [-0.3, -0.25) is 4.90 Å². The van der Waals surface area contributed by atoms with E-state index in [1.165, 1.54) is 12.8 Å². The average Bonchev–Trinajstić information content (AvgIpc) is 3.17. The molecule has 2 aromatic heterocycles. The lowest BCUT2D eigenvalue weighted by molar-refractivity contribution is 0.269. The van der Waals surface area contributed by atoms with Crippen molar-refractivity contribution in [1.29, 1.82) is 5.26 Å². The van der Waals surface area contributed by atoms with Crippen molar-refractivity contribution in [3.63, 3.8) is 0 Å². The minimum atomic E-state index is 0.740. The smallest absolute Gasteiger partial charge is 0.102 e. The Kier molecular flexibility index (Phi) is 2.81. The van der Waals surface area contributed by atoms with E-state index in [0.717, 1.165) is 35.8 Å². The van der Waals surface area contributed by atoms with Crippen molar-refractivity contribution in [2.24, 2.45) is 0 Å². The molecule has 3 heteroatoms. The fourth-order valence-electron chi connectivity index (χ4n) is 2.58. The average molecular weight is 239 g/mol. The van der Waals surface area contributed by atoms with E-state index >= 15 is 0 Å². The Labute approximate surface area is 107 Å². The topological polar surface area (TPSA) is 31.4 Å². The van der Waals surface area contributed by atoms with Crippen LogP contribution in [-0.2, 0) is 6.54 Å². The highest BCUT2D eigenvalue weighted by atomic mass is 15.2. The van der Waals surface area contributed by atoms with Crippen molar-refractivity contribution in [3.8, 4) is 6.07 Å². The number of fused-ring (bicyclic) bond motifs is 1. The van der Waals surface area contributed by atoms with E-state index in [0.29, 0.717) is 0 Å². The Bertz CT molecular complexity index is 602. The van der Waals surface area contributed by atoms with Crippen LogP contribution < -0.4 is 0 Å². The molecule has 0 unspecified atom stereocenters. The maximum absolute atomic E-state index is 9.36. The summed E-state index contributed by atoms with van der Waals surface area (Å²) in [6.45, 7) is 4.15. The van der Waals surface area contributed by atoms with Crippen molar-refractivity contribution >= 4 is 5.52 Å². The van der Waals surface area contributed by atoms with Gasteiger partial charge in [0, 0.05) is 30.5 Å². The third kappa shape index (κ3) is 1.89. The standard InChI is InChI=1S/C15H17N3/c1-2-17(13-6-7-13)10-12-11-18-8-4-3-5-15(18)14(12)9-16/h3-5,8,11,13H,2,6-7,10H2,1H3. The van der Waals surface area contributed by atoms with E-state index in [1.807, 2.05) is 24.4 Å². The maximum Gasteiger partial charge on any atom is 0.102 e. The van der Waals surface area contributed by atoms with E-state index in [2.05, 4.69) is 28.5 Å². The Morgan fingerprint density at radius 3 is 2.94 bits per heavy atom. The molecule has 0 bridgehead atoms. The summed E-state index contributed by atoms with van der Waals surface area (Å²) in [4.78, 5) is 2.47. The number of rotatable bonds is 4. The Morgan fingerprint density at radius 1 is 1.44 bits per heavy atom. The van der Waals surface area contributed by atoms with Crippen molar-refractivity contribution in [3.05, 3.63) is 41.7 Å². The largest absolute Gasteiger partial charge is 0.322 e. The van der Waals surface area contributed by atoms with E-state index in [4.69, 9.17) is 0 Å². The molecular weight excluding hydrogens is 222 g/mol. The summed E-state index contributed by atoms with van der Waals surface area (Å²) in [5.41, 5.74) is 2.99. The molecule has 0 aromatic carbocycles. The first kappa shape index (κ1) is 11.3. The minimum absolute atomic E-state index is 0.740. The minimum Gasteiger partial charge on any atom is -0.322 e. The molecule has 0 saturated heterocycles. The maximum atomic E-state index is 9.36. The fourth-order valence-corrected chi connectivity index (χ4v) is 2.58. The van der Waals surface area contributed by atoms with Crippen LogP contribution in [0.2, 0.25) is 0 Å².